The third kappa shape index (κ3) is 6.01. The molecule has 0 bridgehead atoms. The SMILES string of the molecule is NC(CCN(CCO)CC(F)F)c1ccc(Br)cc1Cl. The minimum Gasteiger partial charge on any atom is -0.395 e. The van der Waals surface area contributed by atoms with E-state index in [2.05, 4.69) is 15.9 Å². The second kappa shape index (κ2) is 8.89. The zero-order valence-electron chi connectivity index (χ0n) is 10.9. The van der Waals surface area contributed by atoms with Gasteiger partial charge in [0.15, 0.2) is 0 Å². The van der Waals surface area contributed by atoms with E-state index in [1.165, 1.54) is 4.90 Å². The minimum absolute atomic E-state index is 0.152. The van der Waals surface area contributed by atoms with Crippen molar-refractivity contribution in [1.29, 1.82) is 0 Å². The third-order valence-electron chi connectivity index (χ3n) is 2.93. The van der Waals surface area contributed by atoms with Gasteiger partial charge >= 0.3 is 0 Å². The molecule has 1 rings (SSSR count). The van der Waals surface area contributed by atoms with E-state index in [9.17, 15) is 8.78 Å². The van der Waals surface area contributed by atoms with Crippen LogP contribution in [0.15, 0.2) is 22.7 Å². The molecule has 3 nitrogen and oxygen atoms in total. The molecule has 1 aromatic carbocycles. The summed E-state index contributed by atoms with van der Waals surface area (Å²) in [5.74, 6) is 0. The molecule has 7 heteroatoms. The number of nitrogens with two attached hydrogens (primary N) is 1. The second-order valence-corrected chi connectivity index (χ2v) is 5.80. The molecule has 1 unspecified atom stereocenters. The van der Waals surface area contributed by atoms with Crippen molar-refractivity contribution in [3.05, 3.63) is 33.3 Å². The number of hydrogen-bond acceptors (Lipinski definition) is 3. The first-order valence-corrected chi connectivity index (χ1v) is 7.43. The van der Waals surface area contributed by atoms with Crippen molar-refractivity contribution in [2.45, 2.75) is 18.9 Å². The molecule has 0 saturated carbocycles. The second-order valence-electron chi connectivity index (χ2n) is 4.48. The molecular weight excluding hydrogens is 354 g/mol. The zero-order valence-corrected chi connectivity index (χ0v) is 13.2. The van der Waals surface area contributed by atoms with Gasteiger partial charge in [-0.15, -0.1) is 0 Å². The van der Waals surface area contributed by atoms with Crippen LogP contribution in [-0.4, -0.2) is 42.7 Å². The highest BCUT2D eigenvalue weighted by molar-refractivity contribution is 9.10. The summed E-state index contributed by atoms with van der Waals surface area (Å²) in [6, 6.07) is 5.09. The Morgan fingerprint density at radius 3 is 2.60 bits per heavy atom. The van der Waals surface area contributed by atoms with Crippen LogP contribution < -0.4 is 5.73 Å². The molecule has 114 valence electrons. The van der Waals surface area contributed by atoms with Crippen molar-refractivity contribution in [2.75, 3.05) is 26.2 Å². The zero-order chi connectivity index (χ0) is 15.1. The lowest BCUT2D eigenvalue weighted by atomic mass is 10.0. The van der Waals surface area contributed by atoms with Crippen molar-refractivity contribution < 1.29 is 13.9 Å². The molecular formula is C13H18BrClF2N2O. The number of benzene rings is 1. The molecule has 0 aliphatic heterocycles. The summed E-state index contributed by atoms with van der Waals surface area (Å²) < 4.78 is 25.6. The Morgan fingerprint density at radius 2 is 2.05 bits per heavy atom. The van der Waals surface area contributed by atoms with E-state index in [0.717, 1.165) is 10.0 Å². The lowest BCUT2D eigenvalue weighted by Gasteiger charge is -2.23. The van der Waals surface area contributed by atoms with Gasteiger partial charge in [-0.1, -0.05) is 33.6 Å². The van der Waals surface area contributed by atoms with Gasteiger partial charge in [-0.05, 0) is 24.1 Å². The number of aliphatic hydroxyl groups excluding tert-OH is 1. The Balaban J connectivity index is 2.57. The summed E-state index contributed by atoms with van der Waals surface area (Å²) in [6.07, 6.45) is -1.93. The van der Waals surface area contributed by atoms with Crippen molar-refractivity contribution in [1.82, 2.24) is 4.90 Å². The van der Waals surface area contributed by atoms with Gasteiger partial charge in [0, 0.05) is 28.6 Å². The standard InChI is InChI=1S/C13H18BrClF2N2O/c14-9-1-2-10(11(15)7-9)12(18)3-4-19(5-6-20)8-13(16)17/h1-2,7,12-13,20H,3-6,8,18H2. The summed E-state index contributed by atoms with van der Waals surface area (Å²) >= 11 is 9.41. The van der Waals surface area contributed by atoms with Gasteiger partial charge in [0.1, 0.15) is 0 Å². The quantitative estimate of drug-likeness (QED) is 0.738. The molecule has 1 aromatic rings. The normalized spacial score (nSPS) is 13.2. The first kappa shape index (κ1) is 17.8. The Labute approximate surface area is 130 Å². The highest BCUT2D eigenvalue weighted by Crippen LogP contribution is 2.27. The first-order chi connectivity index (χ1) is 9.43. The van der Waals surface area contributed by atoms with E-state index in [-0.39, 0.29) is 25.7 Å². The summed E-state index contributed by atoms with van der Waals surface area (Å²) in [6.45, 7) is 0.0892. The number of aliphatic hydroxyl groups is 1. The number of hydrogen-bond donors (Lipinski definition) is 2. The monoisotopic (exact) mass is 370 g/mol. The maximum atomic E-state index is 12.4. The number of halogens is 4. The van der Waals surface area contributed by atoms with Crippen LogP contribution in [0.2, 0.25) is 5.02 Å². The van der Waals surface area contributed by atoms with Crippen LogP contribution in [-0.2, 0) is 0 Å². The summed E-state index contributed by atoms with van der Waals surface area (Å²) in [5, 5.41) is 9.41. The smallest absolute Gasteiger partial charge is 0.251 e. The van der Waals surface area contributed by atoms with Gasteiger partial charge in [-0.25, -0.2) is 8.78 Å². The lowest BCUT2D eigenvalue weighted by Crippen LogP contribution is -2.34. The summed E-state index contributed by atoms with van der Waals surface area (Å²) in [7, 11) is 0. The number of rotatable bonds is 8. The highest BCUT2D eigenvalue weighted by Gasteiger charge is 2.15. The van der Waals surface area contributed by atoms with Crippen molar-refractivity contribution in [3.63, 3.8) is 0 Å². The minimum atomic E-state index is -2.42. The number of alkyl halides is 2. The van der Waals surface area contributed by atoms with E-state index < -0.39 is 6.43 Å². The summed E-state index contributed by atoms with van der Waals surface area (Å²) in [5.41, 5.74) is 6.83. The van der Waals surface area contributed by atoms with E-state index >= 15 is 0 Å². The molecule has 0 aromatic heterocycles. The van der Waals surface area contributed by atoms with Crippen LogP contribution in [0.25, 0.3) is 0 Å². The predicted molar refractivity (Wildman–Crippen MR) is 80.2 cm³/mol. The predicted octanol–water partition coefficient (Wildman–Crippen LogP) is 3.05. The molecule has 0 aliphatic rings. The first-order valence-electron chi connectivity index (χ1n) is 6.26. The molecule has 3 N–H and O–H groups in total. The van der Waals surface area contributed by atoms with Gasteiger partial charge in [-0.3, -0.25) is 4.90 Å². The fourth-order valence-corrected chi connectivity index (χ4v) is 2.72. The topological polar surface area (TPSA) is 49.5 Å². The van der Waals surface area contributed by atoms with Gasteiger partial charge in [0.2, 0.25) is 0 Å². The Hall–Kier alpha value is -0.270. The molecule has 0 aliphatic carbocycles. The lowest BCUT2D eigenvalue weighted by molar-refractivity contribution is 0.0768. The molecule has 0 spiro atoms. The van der Waals surface area contributed by atoms with Crippen molar-refractivity contribution in [2.24, 2.45) is 5.73 Å². The maximum absolute atomic E-state index is 12.4. The van der Waals surface area contributed by atoms with Crippen LogP contribution in [0.5, 0.6) is 0 Å². The molecule has 0 saturated heterocycles. The third-order valence-corrected chi connectivity index (χ3v) is 3.75. The molecule has 1 atom stereocenters. The van der Waals surface area contributed by atoms with E-state index in [1.54, 1.807) is 6.07 Å². The van der Waals surface area contributed by atoms with Gasteiger partial charge in [0.05, 0.1) is 13.2 Å². The Kier molecular flexibility index (Phi) is 7.91. The van der Waals surface area contributed by atoms with Gasteiger partial charge in [-0.2, -0.15) is 0 Å². The van der Waals surface area contributed by atoms with E-state index in [1.807, 2.05) is 12.1 Å². The molecule has 0 fully saturated rings. The van der Waals surface area contributed by atoms with Crippen molar-refractivity contribution >= 4 is 27.5 Å². The molecule has 0 heterocycles. The maximum Gasteiger partial charge on any atom is 0.251 e. The highest BCUT2D eigenvalue weighted by atomic mass is 79.9. The van der Waals surface area contributed by atoms with Crippen LogP contribution in [0.3, 0.4) is 0 Å². The Morgan fingerprint density at radius 1 is 1.35 bits per heavy atom. The van der Waals surface area contributed by atoms with Gasteiger partial charge in [0.25, 0.3) is 6.43 Å². The average molecular weight is 372 g/mol. The van der Waals surface area contributed by atoms with Crippen LogP contribution in [0.4, 0.5) is 8.78 Å². The van der Waals surface area contributed by atoms with Gasteiger partial charge < -0.3 is 10.8 Å². The number of nitrogens with zero attached hydrogens (tertiary/aromatic N) is 1. The molecule has 0 radical (unpaired) electrons. The average Bonchev–Trinajstić information content (AvgIpc) is 2.35. The van der Waals surface area contributed by atoms with Crippen molar-refractivity contribution in [3.8, 4) is 0 Å². The fourth-order valence-electron chi connectivity index (χ4n) is 1.91. The van der Waals surface area contributed by atoms with E-state index in [4.69, 9.17) is 22.4 Å². The summed E-state index contributed by atoms with van der Waals surface area (Å²) in [4.78, 5) is 1.50. The van der Waals surface area contributed by atoms with Crippen LogP contribution in [0.1, 0.15) is 18.0 Å². The molecule has 0 amide bonds. The Bertz CT molecular complexity index is 423. The molecule has 20 heavy (non-hydrogen) atoms. The largest absolute Gasteiger partial charge is 0.395 e. The fraction of sp³-hybridized carbons (Fsp3) is 0.538. The van der Waals surface area contributed by atoms with Crippen LogP contribution >= 0.6 is 27.5 Å². The van der Waals surface area contributed by atoms with Crippen LogP contribution in [0, 0.1) is 0 Å². The van der Waals surface area contributed by atoms with E-state index in [0.29, 0.717) is 18.0 Å².